The summed E-state index contributed by atoms with van der Waals surface area (Å²) in [6.07, 6.45) is 5.50. The van der Waals surface area contributed by atoms with Gasteiger partial charge in [0.25, 0.3) is 0 Å². The van der Waals surface area contributed by atoms with E-state index in [-0.39, 0.29) is 0 Å². The molecule has 1 heterocycles. The van der Waals surface area contributed by atoms with Crippen molar-refractivity contribution in [2.45, 2.75) is 38.3 Å². The molecular weight excluding hydrogens is 294 g/mol. The number of nitrogens with one attached hydrogen (secondary N) is 1. The van der Waals surface area contributed by atoms with Gasteiger partial charge < -0.3 is 5.32 Å². The van der Waals surface area contributed by atoms with E-state index in [2.05, 4.69) is 44.8 Å². The molecule has 2 aromatic rings. The third-order valence-corrected chi connectivity index (χ3v) is 5.06. The average molecular weight is 310 g/mol. The van der Waals surface area contributed by atoms with Crippen molar-refractivity contribution in [1.29, 1.82) is 0 Å². The third kappa shape index (κ3) is 2.56. The van der Waals surface area contributed by atoms with Gasteiger partial charge in [-0.2, -0.15) is 0 Å². The highest BCUT2D eigenvalue weighted by Crippen LogP contribution is 2.29. The summed E-state index contributed by atoms with van der Waals surface area (Å²) in [5.41, 5.74) is 1.44. The van der Waals surface area contributed by atoms with Crippen LogP contribution in [0.1, 0.15) is 31.2 Å². The minimum Gasteiger partial charge on any atom is -0.310 e. The molecule has 0 bridgehead atoms. The van der Waals surface area contributed by atoms with Crippen LogP contribution in [0.25, 0.3) is 10.1 Å². The Morgan fingerprint density at radius 2 is 2.12 bits per heavy atom. The number of fused-ring (bicyclic) bond motifs is 1. The fraction of sp³-hybridized carbons (Fsp3) is 0.429. The van der Waals surface area contributed by atoms with Crippen molar-refractivity contribution < 1.29 is 0 Å². The number of thiophene rings is 1. The van der Waals surface area contributed by atoms with Gasteiger partial charge >= 0.3 is 0 Å². The molecule has 1 aromatic heterocycles. The van der Waals surface area contributed by atoms with Crippen LogP contribution in [0.4, 0.5) is 0 Å². The van der Waals surface area contributed by atoms with Crippen molar-refractivity contribution in [3.8, 4) is 0 Å². The number of benzene rings is 1. The van der Waals surface area contributed by atoms with Crippen molar-refractivity contribution in [2.24, 2.45) is 0 Å². The van der Waals surface area contributed by atoms with Gasteiger partial charge in [-0.1, -0.05) is 28.8 Å². The molecule has 0 aliphatic heterocycles. The van der Waals surface area contributed by atoms with Gasteiger partial charge in [0.15, 0.2) is 0 Å². The lowest BCUT2D eigenvalue weighted by Gasteiger charge is -2.11. The van der Waals surface area contributed by atoms with Gasteiger partial charge in [-0.3, -0.25) is 0 Å². The van der Waals surface area contributed by atoms with Gasteiger partial charge in [-0.25, -0.2) is 0 Å². The molecule has 1 aliphatic rings. The molecule has 0 saturated heterocycles. The van der Waals surface area contributed by atoms with E-state index in [1.165, 1.54) is 45.8 Å². The Labute approximate surface area is 114 Å². The summed E-state index contributed by atoms with van der Waals surface area (Å²) in [5, 5.41) is 7.38. The number of hydrogen-bond donors (Lipinski definition) is 1. The third-order valence-electron chi connectivity index (χ3n) is 3.55. The largest absolute Gasteiger partial charge is 0.310 e. The summed E-state index contributed by atoms with van der Waals surface area (Å²) in [6.45, 7) is 1.02. The summed E-state index contributed by atoms with van der Waals surface area (Å²) in [4.78, 5) is 0. The Bertz CT molecular complexity index is 514. The van der Waals surface area contributed by atoms with E-state index in [0.717, 1.165) is 12.6 Å². The smallest absolute Gasteiger partial charge is 0.0346 e. The molecule has 0 spiro atoms. The SMILES string of the molecule is Brc1ccc2scc(CNC3CCCC3)c2c1. The quantitative estimate of drug-likeness (QED) is 0.867. The lowest BCUT2D eigenvalue weighted by atomic mass is 10.1. The molecule has 0 unspecified atom stereocenters. The second-order valence-electron chi connectivity index (χ2n) is 4.76. The van der Waals surface area contributed by atoms with E-state index in [0.29, 0.717) is 0 Å². The van der Waals surface area contributed by atoms with Crippen LogP contribution in [0.15, 0.2) is 28.1 Å². The van der Waals surface area contributed by atoms with E-state index in [9.17, 15) is 0 Å². The van der Waals surface area contributed by atoms with Crippen LogP contribution in [0, 0.1) is 0 Å². The summed E-state index contributed by atoms with van der Waals surface area (Å²) < 4.78 is 2.56. The normalized spacial score (nSPS) is 17.0. The molecule has 0 radical (unpaired) electrons. The summed E-state index contributed by atoms with van der Waals surface area (Å²) >= 11 is 5.40. The van der Waals surface area contributed by atoms with E-state index in [1.807, 2.05) is 11.3 Å². The van der Waals surface area contributed by atoms with Crippen LogP contribution in [0.3, 0.4) is 0 Å². The standard InChI is InChI=1S/C14H16BrNS/c15-11-5-6-14-13(7-11)10(9-17-14)8-16-12-3-1-2-4-12/h5-7,9,12,16H,1-4,8H2. The molecule has 1 N–H and O–H groups in total. The molecule has 3 rings (SSSR count). The maximum absolute atomic E-state index is 3.69. The first-order chi connectivity index (χ1) is 8.33. The second-order valence-corrected chi connectivity index (χ2v) is 6.59. The molecular formula is C14H16BrNS. The highest BCUT2D eigenvalue weighted by molar-refractivity contribution is 9.10. The summed E-state index contributed by atoms with van der Waals surface area (Å²) in [7, 11) is 0. The first-order valence-electron chi connectivity index (χ1n) is 6.22. The Morgan fingerprint density at radius 1 is 1.29 bits per heavy atom. The number of halogens is 1. The molecule has 1 aromatic carbocycles. The predicted molar refractivity (Wildman–Crippen MR) is 78.6 cm³/mol. The first kappa shape index (κ1) is 11.7. The van der Waals surface area contributed by atoms with Crippen molar-refractivity contribution in [2.75, 3.05) is 0 Å². The van der Waals surface area contributed by atoms with Crippen LogP contribution in [0.5, 0.6) is 0 Å². The van der Waals surface area contributed by atoms with Gasteiger partial charge in [0.1, 0.15) is 0 Å². The van der Waals surface area contributed by atoms with Gasteiger partial charge in [-0.15, -0.1) is 11.3 Å². The molecule has 1 saturated carbocycles. The van der Waals surface area contributed by atoms with E-state index < -0.39 is 0 Å². The Balaban J connectivity index is 1.77. The fourth-order valence-corrected chi connectivity index (χ4v) is 3.88. The van der Waals surface area contributed by atoms with Crippen LogP contribution < -0.4 is 5.32 Å². The monoisotopic (exact) mass is 309 g/mol. The van der Waals surface area contributed by atoms with Crippen molar-refractivity contribution in [3.05, 3.63) is 33.6 Å². The number of hydrogen-bond acceptors (Lipinski definition) is 2. The summed E-state index contributed by atoms with van der Waals surface area (Å²) in [6, 6.07) is 7.30. The van der Waals surface area contributed by atoms with E-state index in [1.54, 1.807) is 0 Å². The molecule has 1 aliphatic carbocycles. The van der Waals surface area contributed by atoms with Gasteiger partial charge in [0.2, 0.25) is 0 Å². The van der Waals surface area contributed by atoms with Crippen molar-refractivity contribution >= 4 is 37.4 Å². The zero-order chi connectivity index (χ0) is 11.7. The maximum Gasteiger partial charge on any atom is 0.0346 e. The van der Waals surface area contributed by atoms with Crippen LogP contribution in [0.2, 0.25) is 0 Å². The van der Waals surface area contributed by atoms with E-state index in [4.69, 9.17) is 0 Å². The second kappa shape index (κ2) is 5.09. The number of rotatable bonds is 3. The molecule has 3 heteroatoms. The fourth-order valence-electron chi connectivity index (χ4n) is 2.58. The van der Waals surface area contributed by atoms with Gasteiger partial charge in [0.05, 0.1) is 0 Å². The van der Waals surface area contributed by atoms with Gasteiger partial charge in [0, 0.05) is 21.8 Å². The minimum atomic E-state index is 0.747. The van der Waals surface area contributed by atoms with Crippen LogP contribution in [-0.2, 0) is 6.54 Å². The molecule has 17 heavy (non-hydrogen) atoms. The Hall–Kier alpha value is -0.380. The first-order valence-corrected chi connectivity index (χ1v) is 7.89. The maximum atomic E-state index is 3.69. The zero-order valence-corrected chi connectivity index (χ0v) is 12.1. The van der Waals surface area contributed by atoms with Crippen LogP contribution >= 0.6 is 27.3 Å². The minimum absolute atomic E-state index is 0.747. The Morgan fingerprint density at radius 3 is 2.94 bits per heavy atom. The molecule has 90 valence electrons. The van der Waals surface area contributed by atoms with Gasteiger partial charge in [-0.05, 0) is 47.4 Å². The predicted octanol–water partition coefficient (Wildman–Crippen LogP) is 4.70. The average Bonchev–Trinajstić information content (AvgIpc) is 2.94. The molecule has 1 fully saturated rings. The lowest BCUT2D eigenvalue weighted by molar-refractivity contribution is 0.526. The van der Waals surface area contributed by atoms with E-state index >= 15 is 0 Å². The lowest BCUT2D eigenvalue weighted by Crippen LogP contribution is -2.25. The topological polar surface area (TPSA) is 12.0 Å². The molecule has 0 atom stereocenters. The molecule has 0 amide bonds. The highest BCUT2D eigenvalue weighted by Gasteiger charge is 2.14. The zero-order valence-electron chi connectivity index (χ0n) is 9.71. The summed E-state index contributed by atoms with van der Waals surface area (Å²) in [5.74, 6) is 0. The highest BCUT2D eigenvalue weighted by atomic mass is 79.9. The van der Waals surface area contributed by atoms with Crippen molar-refractivity contribution in [3.63, 3.8) is 0 Å². The molecule has 1 nitrogen and oxygen atoms in total. The Kier molecular flexibility index (Phi) is 3.50. The van der Waals surface area contributed by atoms with Crippen molar-refractivity contribution in [1.82, 2.24) is 5.32 Å². The van der Waals surface area contributed by atoms with Crippen LogP contribution in [-0.4, -0.2) is 6.04 Å².